The number of rotatable bonds is 3. The molecule has 0 aromatic heterocycles. The predicted molar refractivity (Wildman–Crippen MR) is 80.4 cm³/mol. The Morgan fingerprint density at radius 3 is 2.74 bits per heavy atom. The minimum atomic E-state index is -0.218. The second-order valence-electron chi connectivity index (χ2n) is 6.46. The van der Waals surface area contributed by atoms with E-state index in [0.717, 1.165) is 24.5 Å². The van der Waals surface area contributed by atoms with Crippen LogP contribution in [0.25, 0.3) is 0 Å². The average Bonchev–Trinajstić information content (AvgIpc) is 2.38. The van der Waals surface area contributed by atoms with E-state index in [4.69, 9.17) is 10.5 Å². The van der Waals surface area contributed by atoms with Crippen LogP contribution in [0.3, 0.4) is 0 Å². The zero-order valence-corrected chi connectivity index (χ0v) is 12.7. The van der Waals surface area contributed by atoms with Crippen molar-refractivity contribution in [1.82, 2.24) is 0 Å². The molecular weight excluding hydrogens is 234 g/mol. The largest absolute Gasteiger partial charge is 0.496 e. The van der Waals surface area contributed by atoms with Crippen LogP contribution in [0.4, 0.5) is 0 Å². The molecule has 0 spiro atoms. The van der Waals surface area contributed by atoms with Crippen molar-refractivity contribution in [2.45, 2.75) is 52.0 Å². The zero-order chi connectivity index (χ0) is 14.0. The molecule has 1 aromatic rings. The highest BCUT2D eigenvalue weighted by atomic mass is 16.5. The molecule has 0 radical (unpaired) electrons. The molecule has 1 aliphatic rings. The van der Waals surface area contributed by atoms with Crippen molar-refractivity contribution in [3.05, 3.63) is 29.3 Å². The van der Waals surface area contributed by atoms with Gasteiger partial charge in [0.1, 0.15) is 5.75 Å². The van der Waals surface area contributed by atoms with Crippen molar-refractivity contribution in [3.63, 3.8) is 0 Å². The number of nitrogens with two attached hydrogens (primary N) is 1. The fourth-order valence-electron chi connectivity index (χ4n) is 3.38. The third-order valence-electron chi connectivity index (χ3n) is 4.66. The summed E-state index contributed by atoms with van der Waals surface area (Å²) in [6.45, 7) is 6.74. The Bertz CT molecular complexity index is 441. The van der Waals surface area contributed by atoms with Crippen molar-refractivity contribution in [2.24, 2.45) is 17.6 Å². The molecule has 106 valence electrons. The van der Waals surface area contributed by atoms with E-state index in [0.29, 0.717) is 5.92 Å². The summed E-state index contributed by atoms with van der Waals surface area (Å²) in [5, 5.41) is 0. The Labute approximate surface area is 117 Å². The number of hydrogen-bond acceptors (Lipinski definition) is 2. The highest BCUT2D eigenvalue weighted by molar-refractivity contribution is 5.42. The first-order valence-corrected chi connectivity index (χ1v) is 7.40. The molecule has 2 heteroatoms. The second-order valence-corrected chi connectivity index (χ2v) is 6.46. The van der Waals surface area contributed by atoms with E-state index in [1.165, 1.54) is 24.0 Å². The van der Waals surface area contributed by atoms with Crippen LogP contribution < -0.4 is 10.5 Å². The highest BCUT2D eigenvalue weighted by Gasteiger charge is 2.37. The number of ether oxygens (including phenoxy) is 1. The van der Waals surface area contributed by atoms with Gasteiger partial charge in [0, 0.05) is 11.1 Å². The Morgan fingerprint density at radius 2 is 2.11 bits per heavy atom. The number of benzene rings is 1. The molecule has 2 atom stereocenters. The van der Waals surface area contributed by atoms with Crippen molar-refractivity contribution in [2.75, 3.05) is 7.11 Å². The molecule has 2 rings (SSSR count). The quantitative estimate of drug-likeness (QED) is 0.892. The molecule has 2 unspecified atom stereocenters. The fraction of sp³-hybridized carbons (Fsp3) is 0.647. The normalized spacial score (nSPS) is 27.6. The minimum absolute atomic E-state index is 0.218. The molecule has 2 N–H and O–H groups in total. The van der Waals surface area contributed by atoms with Gasteiger partial charge in [0.25, 0.3) is 0 Å². The standard InChI is InChI=1S/C17H27NO/c1-12(2)14-6-5-9-17(18,11-14)15-10-13(3)7-8-16(15)19-4/h7-8,10,12,14H,5-6,9,11,18H2,1-4H3. The maximum absolute atomic E-state index is 6.77. The fourth-order valence-corrected chi connectivity index (χ4v) is 3.38. The minimum Gasteiger partial charge on any atom is -0.496 e. The molecule has 0 saturated heterocycles. The van der Waals surface area contributed by atoms with Crippen LogP contribution in [0.2, 0.25) is 0 Å². The number of methoxy groups -OCH3 is 1. The van der Waals surface area contributed by atoms with Gasteiger partial charge in [0.2, 0.25) is 0 Å². The van der Waals surface area contributed by atoms with Crippen molar-refractivity contribution < 1.29 is 4.74 Å². The highest BCUT2D eigenvalue weighted by Crippen LogP contribution is 2.43. The lowest BCUT2D eigenvalue weighted by Crippen LogP contribution is -2.42. The first-order valence-electron chi connectivity index (χ1n) is 7.40. The van der Waals surface area contributed by atoms with E-state index < -0.39 is 0 Å². The second kappa shape index (κ2) is 5.54. The Balaban J connectivity index is 2.35. The SMILES string of the molecule is COc1ccc(C)cc1C1(N)CCCC(C(C)C)C1. The molecule has 1 aliphatic carbocycles. The van der Waals surface area contributed by atoms with Crippen LogP contribution in [0, 0.1) is 18.8 Å². The lowest BCUT2D eigenvalue weighted by Gasteiger charge is -2.40. The third kappa shape index (κ3) is 2.94. The van der Waals surface area contributed by atoms with Crippen LogP contribution >= 0.6 is 0 Å². The molecule has 1 aromatic carbocycles. The lowest BCUT2D eigenvalue weighted by molar-refractivity contribution is 0.180. The molecule has 19 heavy (non-hydrogen) atoms. The first kappa shape index (κ1) is 14.4. The van der Waals surface area contributed by atoms with Gasteiger partial charge in [-0.05, 0) is 37.7 Å². The summed E-state index contributed by atoms with van der Waals surface area (Å²) in [5.41, 5.74) is 9.01. The van der Waals surface area contributed by atoms with Gasteiger partial charge < -0.3 is 10.5 Å². The molecular formula is C17H27NO. The Hall–Kier alpha value is -1.02. The third-order valence-corrected chi connectivity index (χ3v) is 4.66. The molecule has 1 saturated carbocycles. The Morgan fingerprint density at radius 1 is 1.37 bits per heavy atom. The van der Waals surface area contributed by atoms with Crippen molar-refractivity contribution in [3.8, 4) is 5.75 Å². The van der Waals surface area contributed by atoms with Gasteiger partial charge in [0.05, 0.1) is 7.11 Å². The molecule has 2 nitrogen and oxygen atoms in total. The summed E-state index contributed by atoms with van der Waals surface area (Å²) in [7, 11) is 1.74. The van der Waals surface area contributed by atoms with Crippen LogP contribution in [0.1, 0.15) is 50.7 Å². The van der Waals surface area contributed by atoms with Gasteiger partial charge in [-0.3, -0.25) is 0 Å². The topological polar surface area (TPSA) is 35.2 Å². The van der Waals surface area contributed by atoms with E-state index in [2.05, 4.69) is 39.0 Å². The predicted octanol–water partition coefficient (Wildman–Crippen LogP) is 4.00. The van der Waals surface area contributed by atoms with Gasteiger partial charge in [-0.2, -0.15) is 0 Å². The van der Waals surface area contributed by atoms with E-state index in [9.17, 15) is 0 Å². The smallest absolute Gasteiger partial charge is 0.123 e. The van der Waals surface area contributed by atoms with E-state index in [1.807, 2.05) is 0 Å². The van der Waals surface area contributed by atoms with Crippen LogP contribution in [-0.2, 0) is 5.54 Å². The summed E-state index contributed by atoms with van der Waals surface area (Å²) in [4.78, 5) is 0. The molecule has 1 fully saturated rings. The van der Waals surface area contributed by atoms with E-state index >= 15 is 0 Å². The van der Waals surface area contributed by atoms with Crippen LogP contribution in [0.5, 0.6) is 5.75 Å². The van der Waals surface area contributed by atoms with Gasteiger partial charge in [-0.1, -0.05) is 44.4 Å². The summed E-state index contributed by atoms with van der Waals surface area (Å²) in [6, 6.07) is 6.36. The van der Waals surface area contributed by atoms with Gasteiger partial charge in [0.15, 0.2) is 0 Å². The van der Waals surface area contributed by atoms with E-state index in [1.54, 1.807) is 7.11 Å². The number of hydrogen-bond donors (Lipinski definition) is 1. The number of aryl methyl sites for hydroxylation is 1. The van der Waals surface area contributed by atoms with Crippen molar-refractivity contribution in [1.29, 1.82) is 0 Å². The lowest BCUT2D eigenvalue weighted by atomic mass is 9.69. The maximum Gasteiger partial charge on any atom is 0.123 e. The van der Waals surface area contributed by atoms with E-state index in [-0.39, 0.29) is 5.54 Å². The summed E-state index contributed by atoms with van der Waals surface area (Å²) in [5.74, 6) is 2.38. The average molecular weight is 261 g/mol. The summed E-state index contributed by atoms with van der Waals surface area (Å²) < 4.78 is 5.53. The summed E-state index contributed by atoms with van der Waals surface area (Å²) >= 11 is 0. The van der Waals surface area contributed by atoms with Gasteiger partial charge in [-0.25, -0.2) is 0 Å². The maximum atomic E-state index is 6.77. The zero-order valence-electron chi connectivity index (χ0n) is 12.7. The molecule has 0 bridgehead atoms. The van der Waals surface area contributed by atoms with Crippen molar-refractivity contribution >= 4 is 0 Å². The first-order chi connectivity index (χ1) is 8.96. The van der Waals surface area contributed by atoms with Gasteiger partial charge in [-0.15, -0.1) is 0 Å². The molecule has 0 aliphatic heterocycles. The van der Waals surface area contributed by atoms with Gasteiger partial charge >= 0.3 is 0 Å². The Kier molecular flexibility index (Phi) is 4.19. The molecule has 0 amide bonds. The monoisotopic (exact) mass is 261 g/mol. The molecule has 0 heterocycles. The summed E-state index contributed by atoms with van der Waals surface area (Å²) in [6.07, 6.45) is 4.67. The van der Waals surface area contributed by atoms with Crippen LogP contribution in [0.15, 0.2) is 18.2 Å². The van der Waals surface area contributed by atoms with Crippen LogP contribution in [-0.4, -0.2) is 7.11 Å².